The van der Waals surface area contributed by atoms with E-state index in [0.717, 1.165) is 46.4 Å². The summed E-state index contributed by atoms with van der Waals surface area (Å²) >= 11 is 6.20. The van der Waals surface area contributed by atoms with E-state index in [2.05, 4.69) is 4.57 Å². The topological polar surface area (TPSA) is 84.7 Å². The highest BCUT2D eigenvalue weighted by atomic mass is 35.5. The minimum atomic E-state index is -1.20. The molecule has 8 heteroatoms. The van der Waals surface area contributed by atoms with Gasteiger partial charge in [0.05, 0.1) is 5.60 Å². The number of aryl methyl sites for hydroxylation is 2. The molecule has 36 heavy (non-hydrogen) atoms. The zero-order chi connectivity index (χ0) is 26.4. The summed E-state index contributed by atoms with van der Waals surface area (Å²) in [5.74, 6) is -0.872. The van der Waals surface area contributed by atoms with E-state index in [-0.39, 0.29) is 5.91 Å². The fourth-order valence-corrected chi connectivity index (χ4v) is 5.18. The minimum absolute atomic E-state index is 0.192. The number of ether oxygens (including phenoxy) is 1. The van der Waals surface area contributed by atoms with Crippen LogP contribution in [0.15, 0.2) is 24.3 Å². The van der Waals surface area contributed by atoms with E-state index < -0.39 is 17.7 Å². The number of pyridine rings is 1. The third kappa shape index (κ3) is 5.00. The van der Waals surface area contributed by atoms with E-state index in [0.29, 0.717) is 35.8 Å². The third-order valence-corrected chi connectivity index (χ3v) is 7.09. The summed E-state index contributed by atoms with van der Waals surface area (Å²) in [7, 11) is 0. The first kappa shape index (κ1) is 26.2. The van der Waals surface area contributed by atoms with Crippen LogP contribution in [0.4, 0.5) is 0 Å². The minimum Gasteiger partial charge on any atom is -0.479 e. The second-order valence-electron chi connectivity index (χ2n) is 10.5. The summed E-state index contributed by atoms with van der Waals surface area (Å²) in [6, 6.07) is 7.43. The van der Waals surface area contributed by atoms with Gasteiger partial charge in [-0.15, -0.1) is 0 Å². The van der Waals surface area contributed by atoms with Gasteiger partial charge in [-0.25, -0.2) is 9.78 Å². The fraction of sp³-hybridized carbons (Fsp3) is 0.464. The van der Waals surface area contributed by atoms with E-state index in [1.165, 1.54) is 0 Å². The molecule has 1 aliphatic heterocycles. The molecule has 1 N–H and O–H groups in total. The number of carboxylic acids is 1. The Labute approximate surface area is 217 Å². The molecule has 4 rings (SSSR count). The molecular formula is C28H34ClN3O4. The lowest BCUT2D eigenvalue weighted by Gasteiger charge is -2.28. The summed E-state index contributed by atoms with van der Waals surface area (Å²) in [6.07, 6.45) is 0.309. The summed E-state index contributed by atoms with van der Waals surface area (Å²) in [6.45, 7) is 13.5. The first-order chi connectivity index (χ1) is 16.9. The third-order valence-electron chi connectivity index (χ3n) is 6.84. The number of hydrogen-bond donors (Lipinski definition) is 1. The van der Waals surface area contributed by atoms with Crippen molar-refractivity contribution in [3.05, 3.63) is 51.8 Å². The molecule has 0 unspecified atom stereocenters. The first-order valence-corrected chi connectivity index (χ1v) is 12.7. The Morgan fingerprint density at radius 1 is 1.17 bits per heavy atom. The summed E-state index contributed by atoms with van der Waals surface area (Å²) < 4.78 is 8.23. The van der Waals surface area contributed by atoms with Gasteiger partial charge in [0.1, 0.15) is 5.65 Å². The number of carbonyl (C=O) groups excluding carboxylic acids is 1. The SMILES string of the molecule is Cc1nc2c(c(C)c(C)n2CCN2CCCC2=O)c(-c2ccc(Cl)cc2)c1[C@@H](OC(C)(C)C)C(=O)O. The predicted octanol–water partition coefficient (Wildman–Crippen LogP) is 5.85. The van der Waals surface area contributed by atoms with Gasteiger partial charge in [0.25, 0.3) is 0 Å². The number of halogens is 1. The van der Waals surface area contributed by atoms with Gasteiger partial charge in [-0.1, -0.05) is 23.7 Å². The van der Waals surface area contributed by atoms with E-state index in [1.807, 2.05) is 58.6 Å². The van der Waals surface area contributed by atoms with E-state index >= 15 is 0 Å². The second kappa shape index (κ2) is 9.87. The normalized spacial score (nSPS) is 15.2. The van der Waals surface area contributed by atoms with Crippen molar-refractivity contribution in [1.29, 1.82) is 0 Å². The molecule has 7 nitrogen and oxygen atoms in total. The second-order valence-corrected chi connectivity index (χ2v) is 10.9. The van der Waals surface area contributed by atoms with Gasteiger partial charge in [0.2, 0.25) is 5.91 Å². The number of hydrogen-bond acceptors (Lipinski definition) is 4. The number of carboxylic acid groups (broad SMARTS) is 1. The standard InChI is InChI=1S/C28H34ClN3O4/c1-16-18(3)32(15-14-31-13-7-8-21(31)33)26-22(16)24(19-9-11-20(29)12-10-19)23(17(2)30-26)25(27(34)35)36-28(4,5)6/h9-12,25H,7-8,13-15H2,1-6H3,(H,34,35)/t25-/m1/s1. The molecule has 0 radical (unpaired) electrons. The van der Waals surface area contributed by atoms with Gasteiger partial charge in [0.15, 0.2) is 6.10 Å². The number of likely N-dealkylation sites (tertiary alicyclic amines) is 1. The molecule has 0 bridgehead atoms. The molecule has 0 saturated carbocycles. The Morgan fingerprint density at radius 3 is 2.39 bits per heavy atom. The average molecular weight is 512 g/mol. The van der Waals surface area contributed by atoms with E-state index in [4.69, 9.17) is 21.3 Å². The summed E-state index contributed by atoms with van der Waals surface area (Å²) in [5.41, 5.74) is 4.95. The highest BCUT2D eigenvalue weighted by Crippen LogP contribution is 2.42. The molecule has 1 amide bonds. The van der Waals surface area contributed by atoms with Crippen molar-refractivity contribution in [3.8, 4) is 11.1 Å². The Morgan fingerprint density at radius 2 is 1.83 bits per heavy atom. The van der Waals surface area contributed by atoms with Crippen LogP contribution in [0.1, 0.15) is 62.2 Å². The van der Waals surface area contributed by atoms with Crippen LogP contribution < -0.4 is 0 Å². The molecule has 192 valence electrons. The number of aromatic nitrogens is 2. The van der Waals surface area contributed by atoms with Crippen molar-refractivity contribution < 1.29 is 19.4 Å². The van der Waals surface area contributed by atoms with Gasteiger partial charge in [0, 0.05) is 59.0 Å². The molecular weight excluding hydrogens is 478 g/mol. The molecule has 1 aromatic carbocycles. The number of amides is 1. The number of aliphatic carboxylic acids is 1. The van der Waals surface area contributed by atoms with E-state index in [9.17, 15) is 14.7 Å². The van der Waals surface area contributed by atoms with Crippen LogP contribution in [-0.4, -0.2) is 50.1 Å². The van der Waals surface area contributed by atoms with Crippen LogP contribution in [0.3, 0.4) is 0 Å². The fourth-order valence-electron chi connectivity index (χ4n) is 5.05. The Kier molecular flexibility index (Phi) is 7.17. The number of benzene rings is 1. The summed E-state index contributed by atoms with van der Waals surface area (Å²) in [4.78, 5) is 31.6. The molecule has 0 aliphatic carbocycles. The predicted molar refractivity (Wildman–Crippen MR) is 141 cm³/mol. The number of carbonyl (C=O) groups is 2. The van der Waals surface area contributed by atoms with Crippen molar-refractivity contribution in [1.82, 2.24) is 14.5 Å². The average Bonchev–Trinajstić information content (AvgIpc) is 3.30. The molecule has 1 atom stereocenters. The molecule has 1 saturated heterocycles. The van der Waals surface area contributed by atoms with Crippen molar-refractivity contribution >= 4 is 34.5 Å². The quantitative estimate of drug-likeness (QED) is 0.430. The van der Waals surface area contributed by atoms with Crippen LogP contribution >= 0.6 is 11.6 Å². The highest BCUT2D eigenvalue weighted by molar-refractivity contribution is 6.30. The molecule has 2 aromatic heterocycles. The lowest BCUT2D eigenvalue weighted by Crippen LogP contribution is -2.29. The van der Waals surface area contributed by atoms with Crippen molar-refractivity contribution in [2.75, 3.05) is 13.1 Å². The van der Waals surface area contributed by atoms with Crippen LogP contribution in [-0.2, 0) is 20.9 Å². The number of rotatable bonds is 7. The van der Waals surface area contributed by atoms with E-state index in [1.54, 1.807) is 12.1 Å². The molecule has 0 spiro atoms. The Bertz CT molecular complexity index is 1320. The van der Waals surface area contributed by atoms with Gasteiger partial charge in [-0.3, -0.25) is 4.79 Å². The maximum absolute atomic E-state index is 12.5. The lowest BCUT2D eigenvalue weighted by molar-refractivity contribution is -0.160. The molecule has 1 fully saturated rings. The monoisotopic (exact) mass is 511 g/mol. The van der Waals surface area contributed by atoms with Crippen molar-refractivity contribution in [3.63, 3.8) is 0 Å². The first-order valence-electron chi connectivity index (χ1n) is 12.3. The van der Waals surface area contributed by atoms with Gasteiger partial charge < -0.3 is 19.3 Å². The molecule has 1 aliphatic rings. The number of fused-ring (bicyclic) bond motifs is 1. The van der Waals surface area contributed by atoms with Gasteiger partial charge >= 0.3 is 5.97 Å². The maximum atomic E-state index is 12.5. The number of nitrogens with zero attached hydrogens (tertiary/aromatic N) is 3. The zero-order valence-electron chi connectivity index (χ0n) is 21.8. The van der Waals surface area contributed by atoms with Crippen LogP contribution in [0.25, 0.3) is 22.2 Å². The lowest BCUT2D eigenvalue weighted by atomic mass is 9.91. The molecule has 3 aromatic rings. The van der Waals surface area contributed by atoms with Crippen LogP contribution in [0, 0.1) is 20.8 Å². The van der Waals surface area contributed by atoms with Crippen molar-refractivity contribution in [2.45, 2.75) is 72.6 Å². The van der Waals surface area contributed by atoms with Crippen molar-refractivity contribution in [2.24, 2.45) is 0 Å². The zero-order valence-corrected chi connectivity index (χ0v) is 22.6. The van der Waals surface area contributed by atoms with Gasteiger partial charge in [-0.05, 0) is 71.2 Å². The van der Waals surface area contributed by atoms with Gasteiger partial charge in [-0.2, -0.15) is 0 Å². The Balaban J connectivity index is 1.97. The molecule has 3 heterocycles. The van der Waals surface area contributed by atoms with Crippen LogP contribution in [0.5, 0.6) is 0 Å². The Hall–Kier alpha value is -2.90. The van der Waals surface area contributed by atoms with Crippen LogP contribution in [0.2, 0.25) is 5.02 Å². The maximum Gasteiger partial charge on any atom is 0.337 e. The highest BCUT2D eigenvalue weighted by Gasteiger charge is 2.33. The largest absolute Gasteiger partial charge is 0.479 e. The summed E-state index contributed by atoms with van der Waals surface area (Å²) in [5, 5.41) is 11.7. The smallest absolute Gasteiger partial charge is 0.337 e.